The van der Waals surface area contributed by atoms with E-state index in [1.54, 1.807) is 0 Å². The largest absolute Gasteiger partial charge is 0.250 e. The van der Waals surface area contributed by atoms with Gasteiger partial charge in [-0.15, -0.1) is 0 Å². The fourth-order valence-electron chi connectivity index (χ4n) is 6.99. The lowest BCUT2D eigenvalue weighted by molar-refractivity contribution is 0.831. The molecule has 4 nitrogen and oxygen atoms in total. The van der Waals surface area contributed by atoms with Crippen molar-refractivity contribution < 1.29 is 0 Å². The molecule has 9 rings (SSSR count). The molecule has 0 aliphatic carbocycles. The number of hydrogen-bond donors (Lipinski definition) is 0. The van der Waals surface area contributed by atoms with Crippen LogP contribution in [0.3, 0.4) is 0 Å². The molecule has 3 aromatic heterocycles. The lowest BCUT2D eigenvalue weighted by atomic mass is 9.95. The zero-order valence-electron chi connectivity index (χ0n) is 29.6. The number of benzene rings is 6. The topological polar surface area (TPSA) is 51.6 Å². The van der Waals surface area contributed by atoms with Crippen LogP contribution < -0.4 is 0 Å². The average Bonchev–Trinajstić information content (AvgIpc) is 3.24. The van der Waals surface area contributed by atoms with Gasteiger partial charge in [0.2, 0.25) is 0 Å². The highest BCUT2D eigenvalue weighted by Crippen LogP contribution is 2.37. The van der Waals surface area contributed by atoms with E-state index in [-0.39, 0.29) is 5.92 Å². The van der Waals surface area contributed by atoms with Crippen molar-refractivity contribution in [3.05, 3.63) is 182 Å². The first kappa shape index (κ1) is 32.1. The summed E-state index contributed by atoms with van der Waals surface area (Å²) in [5, 5.41) is 2.12. The van der Waals surface area contributed by atoms with E-state index in [0.717, 1.165) is 78.0 Å². The van der Waals surface area contributed by atoms with Crippen LogP contribution in [0.25, 0.3) is 89.2 Å². The Morgan fingerprint density at radius 1 is 0.358 bits per heavy atom. The van der Waals surface area contributed by atoms with Gasteiger partial charge in [0, 0.05) is 38.7 Å². The second-order valence-electron chi connectivity index (χ2n) is 13.7. The number of hydrogen-bond acceptors (Lipinski definition) is 4. The molecular formula is C49H36N4. The van der Waals surface area contributed by atoms with Crippen molar-refractivity contribution in [2.75, 3.05) is 0 Å². The van der Waals surface area contributed by atoms with E-state index < -0.39 is 0 Å². The van der Waals surface area contributed by atoms with Gasteiger partial charge in [0.05, 0.1) is 28.1 Å². The summed E-state index contributed by atoms with van der Waals surface area (Å²) in [6.07, 6.45) is 0. The summed E-state index contributed by atoms with van der Waals surface area (Å²) in [6.45, 7) is 4.39. The first-order chi connectivity index (χ1) is 26.1. The third kappa shape index (κ3) is 6.36. The van der Waals surface area contributed by atoms with Crippen LogP contribution in [-0.2, 0) is 0 Å². The van der Waals surface area contributed by atoms with Gasteiger partial charge in [-0.05, 0) is 58.5 Å². The molecule has 0 aliphatic rings. The van der Waals surface area contributed by atoms with Gasteiger partial charge in [-0.3, -0.25) is 4.98 Å². The molecule has 0 fully saturated rings. The number of pyridine rings is 2. The Hall–Kier alpha value is -6.78. The van der Waals surface area contributed by atoms with Gasteiger partial charge in [-0.25, -0.2) is 15.0 Å². The molecule has 0 saturated carbocycles. The van der Waals surface area contributed by atoms with Crippen molar-refractivity contribution in [2.45, 2.75) is 19.8 Å². The molecule has 4 heteroatoms. The number of fused-ring (bicyclic) bond motifs is 3. The van der Waals surface area contributed by atoms with E-state index in [1.165, 1.54) is 11.1 Å². The van der Waals surface area contributed by atoms with E-state index >= 15 is 0 Å². The zero-order valence-corrected chi connectivity index (χ0v) is 29.6. The van der Waals surface area contributed by atoms with Crippen molar-refractivity contribution in [1.29, 1.82) is 0 Å². The fourth-order valence-corrected chi connectivity index (χ4v) is 6.99. The second kappa shape index (κ2) is 13.7. The molecule has 252 valence electrons. The molecule has 3 heterocycles. The molecule has 9 aromatic rings. The summed E-state index contributed by atoms with van der Waals surface area (Å²) in [5.74, 6) is 0.908. The van der Waals surface area contributed by atoms with Crippen LogP contribution >= 0.6 is 0 Å². The normalized spacial score (nSPS) is 11.4. The fraction of sp³-hybridized carbons (Fsp3) is 0.0612. The Labute approximate surface area is 309 Å². The number of nitrogens with zero attached hydrogens (tertiary/aromatic N) is 4. The van der Waals surface area contributed by atoms with Gasteiger partial charge in [-0.1, -0.05) is 159 Å². The summed E-state index contributed by atoms with van der Waals surface area (Å²) in [5.41, 5.74) is 14.2. The predicted molar refractivity (Wildman–Crippen MR) is 219 cm³/mol. The van der Waals surface area contributed by atoms with Crippen LogP contribution in [0.1, 0.15) is 25.5 Å². The van der Waals surface area contributed by atoms with E-state index in [2.05, 4.69) is 147 Å². The van der Waals surface area contributed by atoms with Gasteiger partial charge >= 0.3 is 0 Å². The van der Waals surface area contributed by atoms with E-state index in [0.29, 0.717) is 5.82 Å². The number of rotatable bonds is 7. The third-order valence-electron chi connectivity index (χ3n) is 9.81. The summed E-state index contributed by atoms with van der Waals surface area (Å²) in [4.78, 5) is 20.8. The molecule has 0 unspecified atom stereocenters. The van der Waals surface area contributed by atoms with Crippen LogP contribution in [0.5, 0.6) is 0 Å². The molecule has 0 N–H and O–H groups in total. The van der Waals surface area contributed by atoms with Gasteiger partial charge in [0.25, 0.3) is 0 Å². The molecule has 6 aromatic carbocycles. The molecule has 0 radical (unpaired) electrons. The van der Waals surface area contributed by atoms with Gasteiger partial charge < -0.3 is 0 Å². The minimum Gasteiger partial charge on any atom is -0.250 e. The van der Waals surface area contributed by atoms with Crippen molar-refractivity contribution in [1.82, 2.24) is 19.9 Å². The molecular weight excluding hydrogens is 645 g/mol. The van der Waals surface area contributed by atoms with Crippen LogP contribution in [0.4, 0.5) is 0 Å². The molecule has 0 aliphatic heterocycles. The summed E-state index contributed by atoms with van der Waals surface area (Å²) in [7, 11) is 0. The third-order valence-corrected chi connectivity index (χ3v) is 9.81. The Morgan fingerprint density at radius 2 is 0.906 bits per heavy atom. The molecule has 0 saturated heterocycles. The Bertz CT molecular complexity index is 2680. The average molecular weight is 681 g/mol. The van der Waals surface area contributed by atoms with Crippen LogP contribution in [0.2, 0.25) is 0 Å². The van der Waals surface area contributed by atoms with Gasteiger partial charge in [0.1, 0.15) is 0 Å². The second-order valence-corrected chi connectivity index (χ2v) is 13.7. The predicted octanol–water partition coefficient (Wildman–Crippen LogP) is 12.7. The lowest BCUT2D eigenvalue weighted by Crippen LogP contribution is -1.98. The molecule has 0 atom stereocenters. The molecule has 0 spiro atoms. The molecule has 0 amide bonds. The van der Waals surface area contributed by atoms with E-state index in [9.17, 15) is 0 Å². The molecule has 0 bridgehead atoms. The maximum absolute atomic E-state index is 5.30. The lowest BCUT2D eigenvalue weighted by Gasteiger charge is -2.15. The first-order valence-electron chi connectivity index (χ1n) is 18.1. The Kier molecular flexibility index (Phi) is 8.33. The van der Waals surface area contributed by atoms with Crippen LogP contribution in [-0.4, -0.2) is 19.9 Å². The standard InChI is InChI=1S/C49H36N4/c1-32(2)44-30-42(38-21-13-23-40(29-38)49-52-45(34-16-8-4-9-17-34)31-46(53-49)35-18-10-5-11-19-35)41-26-24-36-25-27-43(50-47(36)48(41)51-44)39-22-12-20-37(28-39)33-14-6-3-7-15-33/h3-32H,1-2H3. The van der Waals surface area contributed by atoms with Crippen molar-refractivity contribution in [3.63, 3.8) is 0 Å². The highest BCUT2D eigenvalue weighted by Gasteiger charge is 2.17. The molecule has 53 heavy (non-hydrogen) atoms. The highest BCUT2D eigenvalue weighted by molar-refractivity contribution is 6.09. The minimum atomic E-state index is 0.224. The summed E-state index contributed by atoms with van der Waals surface area (Å²) >= 11 is 0. The van der Waals surface area contributed by atoms with Crippen LogP contribution in [0.15, 0.2) is 176 Å². The first-order valence-corrected chi connectivity index (χ1v) is 18.1. The highest BCUT2D eigenvalue weighted by atomic mass is 14.9. The van der Waals surface area contributed by atoms with E-state index in [4.69, 9.17) is 19.9 Å². The SMILES string of the molecule is CC(C)c1cc(-c2cccc(-c3nc(-c4ccccc4)cc(-c4ccccc4)n3)c2)c2ccc3ccc(-c4cccc(-c5ccccc5)c4)nc3c2n1. The van der Waals surface area contributed by atoms with Gasteiger partial charge in [-0.2, -0.15) is 0 Å². The van der Waals surface area contributed by atoms with E-state index in [1.807, 2.05) is 42.5 Å². The van der Waals surface area contributed by atoms with Crippen LogP contribution in [0, 0.1) is 0 Å². The van der Waals surface area contributed by atoms with Crippen molar-refractivity contribution in [3.8, 4) is 67.4 Å². The Balaban J connectivity index is 1.19. The van der Waals surface area contributed by atoms with Crippen molar-refractivity contribution >= 4 is 21.8 Å². The summed E-state index contributed by atoms with van der Waals surface area (Å²) < 4.78 is 0. The smallest absolute Gasteiger partial charge is 0.160 e. The quantitative estimate of drug-likeness (QED) is 0.157. The maximum atomic E-state index is 5.30. The maximum Gasteiger partial charge on any atom is 0.160 e. The summed E-state index contributed by atoms with van der Waals surface area (Å²) in [6, 6.07) is 61.2. The number of aromatic nitrogens is 4. The Morgan fingerprint density at radius 3 is 1.57 bits per heavy atom. The monoisotopic (exact) mass is 680 g/mol. The van der Waals surface area contributed by atoms with Crippen molar-refractivity contribution in [2.24, 2.45) is 0 Å². The van der Waals surface area contributed by atoms with Gasteiger partial charge in [0.15, 0.2) is 5.82 Å². The zero-order chi connectivity index (χ0) is 35.7. The minimum absolute atomic E-state index is 0.224.